The van der Waals surface area contributed by atoms with Crippen LogP contribution in [0.25, 0.3) is 0 Å². The van der Waals surface area contributed by atoms with Crippen molar-refractivity contribution in [3.63, 3.8) is 0 Å². The second-order valence-electron chi connectivity index (χ2n) is 11.1. The Morgan fingerprint density at radius 3 is 2.64 bits per heavy atom. The maximum atomic E-state index is 13.2. The molecule has 2 fully saturated rings. The smallest absolute Gasteiger partial charge is 0.254 e. The molecular formula is C31H36N6O5. The third kappa shape index (κ3) is 6.53. The molecule has 0 aliphatic carbocycles. The van der Waals surface area contributed by atoms with E-state index in [-0.39, 0.29) is 30.5 Å². The van der Waals surface area contributed by atoms with E-state index >= 15 is 0 Å². The standard InChI is InChI=1S/C31H36N6O5/c1-21-6-7-24-13-27(21)42-25-5-3-4-22(12-25)20-41-28-18-36(17-26(28)34-29(38)19-35(2)30(24)39)16-23-14-32-31(33-15-23)37-8-10-40-11-9-37/h3-7,12-15,26,28H,8-11,16-20H2,1-2H3,(H,34,38)/t26-,28-/m0/s1. The fourth-order valence-electron chi connectivity index (χ4n) is 5.54. The molecule has 4 bridgehead atoms. The van der Waals surface area contributed by atoms with Crippen molar-refractivity contribution in [2.45, 2.75) is 32.2 Å². The molecule has 220 valence electrons. The van der Waals surface area contributed by atoms with Crippen molar-refractivity contribution in [3.05, 3.63) is 77.1 Å². The molecule has 0 radical (unpaired) electrons. The van der Waals surface area contributed by atoms with E-state index in [1.165, 1.54) is 4.90 Å². The number of carbonyl (C=O) groups is 2. The molecule has 11 heteroatoms. The first-order chi connectivity index (χ1) is 20.4. The zero-order valence-electron chi connectivity index (χ0n) is 24.0. The first kappa shape index (κ1) is 28.1. The Morgan fingerprint density at radius 2 is 1.83 bits per heavy atom. The summed E-state index contributed by atoms with van der Waals surface area (Å²) in [5, 5.41) is 3.13. The lowest BCUT2D eigenvalue weighted by molar-refractivity contribution is -0.123. The van der Waals surface area contributed by atoms with Gasteiger partial charge in [-0.3, -0.25) is 14.5 Å². The minimum absolute atomic E-state index is 0.0675. The Balaban J connectivity index is 1.19. The van der Waals surface area contributed by atoms with Crippen LogP contribution in [0.5, 0.6) is 11.5 Å². The van der Waals surface area contributed by atoms with Crippen molar-refractivity contribution in [1.29, 1.82) is 0 Å². The summed E-state index contributed by atoms with van der Waals surface area (Å²) in [5.74, 6) is 1.49. The highest BCUT2D eigenvalue weighted by Gasteiger charge is 2.35. The van der Waals surface area contributed by atoms with Crippen molar-refractivity contribution in [2.24, 2.45) is 0 Å². The molecule has 3 aliphatic rings. The summed E-state index contributed by atoms with van der Waals surface area (Å²) in [4.78, 5) is 41.2. The van der Waals surface area contributed by atoms with Crippen LogP contribution < -0.4 is 15.0 Å². The molecule has 0 unspecified atom stereocenters. The first-order valence-corrected chi connectivity index (χ1v) is 14.3. The molecule has 6 rings (SSSR count). The van der Waals surface area contributed by atoms with Crippen LogP contribution in [0.3, 0.4) is 0 Å². The number of rotatable bonds is 3. The van der Waals surface area contributed by atoms with Gasteiger partial charge >= 0.3 is 0 Å². The summed E-state index contributed by atoms with van der Waals surface area (Å²) in [5.41, 5.74) is 3.32. The quantitative estimate of drug-likeness (QED) is 0.506. The molecule has 2 atom stereocenters. The molecule has 2 saturated heterocycles. The normalized spacial score (nSPS) is 22.0. The second-order valence-corrected chi connectivity index (χ2v) is 11.1. The molecule has 0 spiro atoms. The largest absolute Gasteiger partial charge is 0.457 e. The molecule has 42 heavy (non-hydrogen) atoms. The average molecular weight is 573 g/mol. The van der Waals surface area contributed by atoms with Crippen LogP contribution in [0, 0.1) is 6.92 Å². The SMILES string of the molecule is Cc1ccc2cc1Oc1cccc(c1)CO[C@H]1CN(Cc3cnc(N4CCOCC4)nc3)C[C@@H]1NC(=O)CN(C)C2=O. The summed E-state index contributed by atoms with van der Waals surface area (Å²) in [6.45, 7) is 7.03. The molecule has 2 aromatic carbocycles. The fourth-order valence-corrected chi connectivity index (χ4v) is 5.54. The summed E-state index contributed by atoms with van der Waals surface area (Å²) in [7, 11) is 1.63. The molecule has 3 aromatic rings. The van der Waals surface area contributed by atoms with E-state index in [0.29, 0.717) is 62.5 Å². The number of amides is 2. The summed E-state index contributed by atoms with van der Waals surface area (Å²) < 4.78 is 18.0. The van der Waals surface area contributed by atoms with Gasteiger partial charge in [0, 0.05) is 63.3 Å². The topological polar surface area (TPSA) is 109 Å². The minimum Gasteiger partial charge on any atom is -0.457 e. The van der Waals surface area contributed by atoms with Crippen LogP contribution in [0.2, 0.25) is 0 Å². The van der Waals surface area contributed by atoms with Gasteiger partial charge in [-0.25, -0.2) is 9.97 Å². The summed E-state index contributed by atoms with van der Waals surface area (Å²) in [6, 6.07) is 12.8. The summed E-state index contributed by atoms with van der Waals surface area (Å²) in [6.07, 6.45) is 3.49. The number of likely N-dealkylation sites (tertiary alicyclic amines) is 1. The van der Waals surface area contributed by atoms with E-state index in [9.17, 15) is 9.59 Å². The number of morpholine rings is 1. The van der Waals surface area contributed by atoms with Gasteiger partial charge in [0.25, 0.3) is 5.91 Å². The third-order valence-corrected chi connectivity index (χ3v) is 7.83. The number of ether oxygens (including phenoxy) is 3. The van der Waals surface area contributed by atoms with E-state index in [1.807, 2.05) is 49.6 Å². The van der Waals surface area contributed by atoms with Gasteiger partial charge in [-0.2, -0.15) is 0 Å². The van der Waals surface area contributed by atoms with Gasteiger partial charge in [-0.15, -0.1) is 0 Å². The summed E-state index contributed by atoms with van der Waals surface area (Å²) >= 11 is 0. The van der Waals surface area contributed by atoms with Gasteiger partial charge < -0.3 is 29.3 Å². The Kier molecular flexibility index (Phi) is 8.31. The van der Waals surface area contributed by atoms with E-state index < -0.39 is 0 Å². The third-order valence-electron chi connectivity index (χ3n) is 7.83. The number of fused-ring (bicyclic) bond motifs is 5. The lowest BCUT2D eigenvalue weighted by atomic mass is 10.1. The number of nitrogens with zero attached hydrogens (tertiary/aromatic N) is 5. The van der Waals surface area contributed by atoms with Gasteiger partial charge in [0.1, 0.15) is 11.5 Å². The van der Waals surface area contributed by atoms with Crippen LogP contribution in [0.1, 0.15) is 27.0 Å². The van der Waals surface area contributed by atoms with Crippen molar-refractivity contribution in [3.8, 4) is 11.5 Å². The zero-order valence-corrected chi connectivity index (χ0v) is 24.0. The number of aryl methyl sites for hydroxylation is 1. The lowest BCUT2D eigenvalue weighted by Gasteiger charge is -2.26. The Bertz CT molecular complexity index is 1430. The van der Waals surface area contributed by atoms with E-state index in [2.05, 4.69) is 25.1 Å². The lowest BCUT2D eigenvalue weighted by Crippen LogP contribution is -2.48. The number of carbonyl (C=O) groups excluding carboxylic acids is 2. The monoisotopic (exact) mass is 572 g/mol. The van der Waals surface area contributed by atoms with E-state index in [4.69, 9.17) is 14.2 Å². The second kappa shape index (κ2) is 12.4. The highest BCUT2D eigenvalue weighted by molar-refractivity contribution is 5.96. The molecule has 1 aromatic heterocycles. The number of benzene rings is 2. The predicted molar refractivity (Wildman–Crippen MR) is 156 cm³/mol. The maximum Gasteiger partial charge on any atom is 0.254 e. The van der Waals surface area contributed by atoms with Crippen LogP contribution in [-0.2, 0) is 27.4 Å². The molecular weight excluding hydrogens is 536 g/mol. The number of likely N-dealkylation sites (N-methyl/N-ethyl adjacent to an activating group) is 1. The Labute approximate surface area is 245 Å². The van der Waals surface area contributed by atoms with Gasteiger partial charge in [-0.1, -0.05) is 18.2 Å². The van der Waals surface area contributed by atoms with Crippen molar-refractivity contribution < 1.29 is 23.8 Å². The van der Waals surface area contributed by atoms with Crippen LogP contribution in [0.4, 0.5) is 5.95 Å². The number of hydrogen-bond acceptors (Lipinski definition) is 9. The van der Waals surface area contributed by atoms with Crippen LogP contribution >= 0.6 is 0 Å². The Hall–Kier alpha value is -4.06. The average Bonchev–Trinajstić information content (AvgIpc) is 3.37. The van der Waals surface area contributed by atoms with Crippen LogP contribution in [-0.4, -0.2) is 96.7 Å². The molecule has 2 amide bonds. The highest BCUT2D eigenvalue weighted by atomic mass is 16.5. The van der Waals surface area contributed by atoms with Crippen molar-refractivity contribution in [2.75, 3.05) is 57.9 Å². The fraction of sp³-hybridized carbons (Fsp3) is 0.419. The highest BCUT2D eigenvalue weighted by Crippen LogP contribution is 2.28. The maximum absolute atomic E-state index is 13.2. The van der Waals surface area contributed by atoms with E-state index in [1.54, 1.807) is 19.2 Å². The predicted octanol–water partition coefficient (Wildman–Crippen LogP) is 2.39. The van der Waals surface area contributed by atoms with Crippen molar-refractivity contribution >= 4 is 17.8 Å². The molecule has 1 N–H and O–H groups in total. The van der Waals surface area contributed by atoms with Gasteiger partial charge in [0.15, 0.2) is 0 Å². The molecule has 0 saturated carbocycles. The number of nitrogens with one attached hydrogen (secondary N) is 1. The number of aromatic nitrogens is 2. The zero-order chi connectivity index (χ0) is 29.1. The minimum atomic E-state index is -0.253. The molecule has 3 aliphatic heterocycles. The van der Waals surface area contributed by atoms with E-state index in [0.717, 1.165) is 29.8 Å². The van der Waals surface area contributed by atoms with Gasteiger partial charge in [-0.05, 0) is 42.3 Å². The first-order valence-electron chi connectivity index (χ1n) is 14.3. The number of anilines is 1. The van der Waals surface area contributed by atoms with Crippen molar-refractivity contribution in [1.82, 2.24) is 25.1 Å². The number of hydrogen-bond donors (Lipinski definition) is 1. The molecule has 4 heterocycles. The Morgan fingerprint density at radius 1 is 1.02 bits per heavy atom. The van der Waals surface area contributed by atoms with Crippen LogP contribution in [0.15, 0.2) is 54.9 Å². The van der Waals surface area contributed by atoms with Gasteiger partial charge in [0.05, 0.1) is 38.5 Å². The molecule has 11 nitrogen and oxygen atoms in total. The van der Waals surface area contributed by atoms with Gasteiger partial charge in [0.2, 0.25) is 11.9 Å².